The fourth-order valence-corrected chi connectivity index (χ4v) is 20.2. The first-order valence-corrected chi connectivity index (χ1v) is 26.4. The zero-order chi connectivity index (χ0) is 44.3. The lowest BCUT2D eigenvalue weighted by Crippen LogP contribution is -2.82. The van der Waals surface area contributed by atoms with E-state index in [0.717, 1.165) is 102 Å². The largest absolute Gasteiger partial charge is 0.481 e. The van der Waals surface area contributed by atoms with Gasteiger partial charge in [0.1, 0.15) is 0 Å². The number of carboxylic acids is 1. The summed E-state index contributed by atoms with van der Waals surface area (Å²) in [6, 6.07) is 9.05. The van der Waals surface area contributed by atoms with E-state index in [1.807, 2.05) is 0 Å². The third kappa shape index (κ3) is 5.86. The summed E-state index contributed by atoms with van der Waals surface area (Å²) < 4.78 is 12.7. The Hall–Kier alpha value is -1.91. The first-order chi connectivity index (χ1) is 30.1. The Morgan fingerprint density at radius 3 is 2.25 bits per heavy atom. The number of rotatable bonds is 12. The summed E-state index contributed by atoms with van der Waals surface area (Å²) in [5.74, 6) is 9.02. The van der Waals surface area contributed by atoms with Gasteiger partial charge in [-0.05, 0) is 172 Å². The summed E-state index contributed by atoms with van der Waals surface area (Å²) in [5, 5.41) is 37.0. The number of hydrogen-bond donors (Lipinski definition) is 3. The molecule has 0 aromatic heterocycles. The molecule has 1 saturated heterocycles. The van der Waals surface area contributed by atoms with E-state index in [-0.39, 0.29) is 51.6 Å². The minimum atomic E-state index is -1.20. The van der Waals surface area contributed by atoms with Crippen molar-refractivity contribution in [2.24, 2.45) is 78.8 Å². The zero-order valence-electron chi connectivity index (χ0n) is 40.3. The fourth-order valence-electron chi connectivity index (χ4n) is 20.2. The molecule has 10 rings (SSSR count). The minimum absolute atomic E-state index is 0.0334. The Kier molecular flexibility index (Phi) is 11.1. The normalized spacial score (nSPS) is 49.6. The topological polar surface area (TPSA) is 96.2 Å². The third-order valence-electron chi connectivity index (χ3n) is 23.4. The molecule has 6 nitrogen and oxygen atoms in total. The number of carboxylic acid groups (broad SMARTS) is 1. The van der Waals surface area contributed by atoms with Gasteiger partial charge in [0.05, 0.1) is 24.7 Å². The van der Waals surface area contributed by atoms with Gasteiger partial charge in [0.15, 0.2) is 5.79 Å². The van der Waals surface area contributed by atoms with Crippen molar-refractivity contribution < 1.29 is 29.6 Å². The average Bonchev–Trinajstić information content (AvgIpc) is 3.85. The van der Waals surface area contributed by atoms with Gasteiger partial charge in [-0.1, -0.05) is 96.4 Å². The van der Waals surface area contributed by atoms with Crippen molar-refractivity contribution in [2.45, 2.75) is 201 Å². The number of hydrogen-bond acceptors (Lipinski definition) is 5. The van der Waals surface area contributed by atoms with Crippen LogP contribution in [0.1, 0.15) is 187 Å². The van der Waals surface area contributed by atoms with Crippen LogP contribution >= 0.6 is 0 Å². The molecule has 0 radical (unpaired) electrons. The van der Waals surface area contributed by atoms with E-state index in [9.17, 15) is 20.1 Å². The lowest BCUT2D eigenvalue weighted by molar-refractivity contribution is -0.380. The van der Waals surface area contributed by atoms with Gasteiger partial charge in [-0.2, -0.15) is 0 Å². The van der Waals surface area contributed by atoms with Gasteiger partial charge in [-0.3, -0.25) is 4.79 Å². The molecule has 6 heteroatoms. The van der Waals surface area contributed by atoms with E-state index in [0.29, 0.717) is 30.8 Å². The molecule has 2 spiro atoms. The maximum Gasteiger partial charge on any atom is 0.309 e. The molecule has 348 valence electrons. The molecule has 8 fully saturated rings. The lowest BCUT2D eigenvalue weighted by Gasteiger charge is -2.85. The molecule has 15 unspecified atom stereocenters. The highest BCUT2D eigenvalue weighted by atomic mass is 16.6. The van der Waals surface area contributed by atoms with Crippen LogP contribution in [-0.4, -0.2) is 53.5 Å². The molecular weight excluding hydrogens is 781 g/mol. The number of benzene rings is 1. The second kappa shape index (κ2) is 15.6. The van der Waals surface area contributed by atoms with Crippen LogP contribution in [0.4, 0.5) is 0 Å². The molecule has 63 heavy (non-hydrogen) atoms. The molecular formula is C57H84O6. The van der Waals surface area contributed by atoms with Crippen molar-refractivity contribution in [2.75, 3.05) is 20.3 Å². The number of aliphatic hydroxyl groups is 2. The summed E-state index contributed by atoms with van der Waals surface area (Å²) in [6.07, 6.45) is 25.3. The van der Waals surface area contributed by atoms with Gasteiger partial charge < -0.3 is 24.8 Å². The van der Waals surface area contributed by atoms with E-state index in [2.05, 4.69) is 70.7 Å². The van der Waals surface area contributed by atoms with Gasteiger partial charge >= 0.3 is 5.97 Å². The van der Waals surface area contributed by atoms with Crippen LogP contribution in [0.25, 0.3) is 0 Å². The van der Waals surface area contributed by atoms with Crippen molar-refractivity contribution >= 4 is 5.97 Å². The van der Waals surface area contributed by atoms with Crippen molar-refractivity contribution in [3.8, 4) is 11.8 Å². The zero-order valence-corrected chi connectivity index (χ0v) is 40.3. The van der Waals surface area contributed by atoms with Crippen molar-refractivity contribution in [3.05, 3.63) is 35.4 Å². The molecule has 0 amide bonds. The molecule has 3 N–H and O–H groups in total. The SMILES string of the molecule is CCCC1C2(O)CC3CCC4CC56CCC(CCC7CCCC7)CC#CC7(CCC1(C(Cc1ccc(CCOC)cc1)O2)C3(CO)C47C)C5(C)CCC1(C)CCC(C)(C(=O)O)CC16. The van der Waals surface area contributed by atoms with Crippen LogP contribution in [0.3, 0.4) is 0 Å². The standard InChI is InChI=1S/C57H84O6/c1-7-11-45-55-32-31-54-25-10-14-40(16-15-39-12-8-9-13-39)23-26-53(46-37-50(3,48(59)60)28-27-49(46,2)29-30-51(53,54)4)35-43-21-22-44(56(55,38-58)52(43,54)5)36-57(45,61)63-47(55)34-42-19-17-41(18-20-42)24-33-62-6/h17-20,39-40,43-47,58,61H,7-9,11-16,21-24,26-38H2,1-6H3,(H,59,60). The van der Waals surface area contributed by atoms with E-state index in [1.54, 1.807) is 7.11 Å². The smallest absolute Gasteiger partial charge is 0.309 e. The van der Waals surface area contributed by atoms with Crippen LogP contribution < -0.4 is 0 Å². The van der Waals surface area contributed by atoms with Crippen LogP contribution in [0, 0.1) is 90.7 Å². The number of aliphatic carboxylic acids is 1. The van der Waals surface area contributed by atoms with E-state index in [4.69, 9.17) is 9.47 Å². The molecule has 1 aromatic rings. The van der Waals surface area contributed by atoms with E-state index in [1.165, 1.54) is 62.5 Å². The summed E-state index contributed by atoms with van der Waals surface area (Å²) in [4.78, 5) is 13.4. The maximum absolute atomic E-state index is 13.4. The predicted molar refractivity (Wildman–Crippen MR) is 248 cm³/mol. The van der Waals surface area contributed by atoms with Gasteiger partial charge in [0, 0.05) is 42.1 Å². The van der Waals surface area contributed by atoms with Crippen LogP contribution in [-0.2, 0) is 27.1 Å². The van der Waals surface area contributed by atoms with E-state index >= 15 is 0 Å². The van der Waals surface area contributed by atoms with Gasteiger partial charge in [-0.25, -0.2) is 0 Å². The van der Waals surface area contributed by atoms with Crippen molar-refractivity contribution in [3.63, 3.8) is 0 Å². The molecule has 7 saturated carbocycles. The maximum atomic E-state index is 13.4. The molecule has 15 atom stereocenters. The second-order valence-corrected chi connectivity index (χ2v) is 25.1. The summed E-state index contributed by atoms with van der Waals surface area (Å²) in [5.41, 5.74) is 0.191. The first-order valence-electron chi connectivity index (χ1n) is 26.4. The Morgan fingerprint density at radius 1 is 0.825 bits per heavy atom. The highest BCUT2D eigenvalue weighted by molar-refractivity contribution is 5.74. The quantitative estimate of drug-likeness (QED) is 0.181. The Balaban J connectivity index is 1.15. The number of carbonyl (C=O) groups is 1. The van der Waals surface area contributed by atoms with Crippen LogP contribution in [0.2, 0.25) is 0 Å². The number of fused-ring (bicyclic) bond motifs is 2. The lowest BCUT2D eigenvalue weighted by atomic mass is 9.18. The Bertz CT molecular complexity index is 1960. The van der Waals surface area contributed by atoms with Crippen molar-refractivity contribution in [1.82, 2.24) is 0 Å². The molecule has 4 bridgehead atoms. The molecule has 1 heterocycles. The van der Waals surface area contributed by atoms with Crippen molar-refractivity contribution in [1.29, 1.82) is 0 Å². The molecule has 9 aliphatic rings. The van der Waals surface area contributed by atoms with Crippen LogP contribution in [0.15, 0.2) is 24.3 Å². The minimum Gasteiger partial charge on any atom is -0.481 e. The van der Waals surface area contributed by atoms with Crippen LogP contribution in [0.5, 0.6) is 0 Å². The number of ether oxygens (including phenoxy) is 2. The fraction of sp³-hybridized carbons (Fsp3) is 0.842. The second-order valence-electron chi connectivity index (χ2n) is 25.1. The Morgan fingerprint density at radius 2 is 1.54 bits per heavy atom. The first kappa shape index (κ1) is 44.9. The third-order valence-corrected chi connectivity index (χ3v) is 23.4. The molecule has 1 aliphatic heterocycles. The number of aliphatic hydroxyl groups excluding tert-OH is 1. The summed E-state index contributed by atoms with van der Waals surface area (Å²) in [7, 11) is 1.76. The number of methoxy groups -OCH3 is 1. The van der Waals surface area contributed by atoms with Gasteiger partial charge in [-0.15, -0.1) is 5.92 Å². The highest BCUT2D eigenvalue weighted by Crippen LogP contribution is 2.91. The molecule has 8 aliphatic carbocycles. The highest BCUT2D eigenvalue weighted by Gasteiger charge is 2.89. The predicted octanol–water partition coefficient (Wildman–Crippen LogP) is 12.0. The van der Waals surface area contributed by atoms with Gasteiger partial charge in [0.2, 0.25) is 0 Å². The monoisotopic (exact) mass is 865 g/mol. The summed E-state index contributed by atoms with van der Waals surface area (Å²) in [6.45, 7) is 13.1. The van der Waals surface area contributed by atoms with E-state index < -0.39 is 28.0 Å². The van der Waals surface area contributed by atoms with Gasteiger partial charge in [0.25, 0.3) is 0 Å². The molecule has 1 aromatic carbocycles. The Labute approximate surface area is 381 Å². The average molecular weight is 865 g/mol. The summed E-state index contributed by atoms with van der Waals surface area (Å²) >= 11 is 0.